The van der Waals surface area contributed by atoms with Crippen LogP contribution in [0.3, 0.4) is 0 Å². The van der Waals surface area contributed by atoms with Gasteiger partial charge >= 0.3 is 0 Å². The molecule has 1 amide bonds. The van der Waals surface area contributed by atoms with Crippen molar-refractivity contribution < 1.29 is 22.7 Å². The number of amides is 1. The third-order valence-electron chi connectivity index (χ3n) is 10.3. The number of nitrogens with one attached hydrogen (secondary N) is 1. The summed E-state index contributed by atoms with van der Waals surface area (Å²) in [6.07, 6.45) is 9.93. The molecule has 226 valence electrons. The van der Waals surface area contributed by atoms with Gasteiger partial charge in [-0.2, -0.15) is 0 Å². The van der Waals surface area contributed by atoms with Crippen LogP contribution < -0.4 is 14.4 Å². The zero-order valence-corrected chi connectivity index (χ0v) is 26.2. The summed E-state index contributed by atoms with van der Waals surface area (Å²) in [6.45, 7) is 5.63. The molecule has 2 aliphatic heterocycles. The third-order valence-corrected chi connectivity index (χ3v) is 12.4. The van der Waals surface area contributed by atoms with E-state index >= 15 is 0 Å². The molecule has 0 radical (unpaired) electrons. The van der Waals surface area contributed by atoms with Crippen molar-refractivity contribution >= 4 is 33.2 Å². The fourth-order valence-electron chi connectivity index (χ4n) is 7.39. The predicted molar refractivity (Wildman–Crippen MR) is 166 cm³/mol. The summed E-state index contributed by atoms with van der Waals surface area (Å²) in [5.41, 5.74) is 3.48. The van der Waals surface area contributed by atoms with E-state index < -0.39 is 21.2 Å². The Hall–Kier alpha value is -2.55. The molecule has 2 aliphatic carbocycles. The lowest BCUT2D eigenvalue weighted by molar-refractivity contribution is 0.0131. The average Bonchev–Trinajstić information content (AvgIpc) is 3.10. The summed E-state index contributed by atoms with van der Waals surface area (Å²) in [4.78, 5) is 15.7. The van der Waals surface area contributed by atoms with Crippen LogP contribution in [-0.4, -0.2) is 52.5 Å². The number of carbonyl (C=O) groups excluding carboxylic acids is 1. The molecule has 2 aromatic carbocycles. The second kappa shape index (κ2) is 11.5. The molecule has 6 atom stereocenters. The number of hydrogen-bond acceptors (Lipinski definition) is 6. The molecule has 0 unspecified atom stereocenters. The van der Waals surface area contributed by atoms with Crippen molar-refractivity contribution in [3.05, 3.63) is 70.3 Å². The first-order chi connectivity index (χ1) is 20.1. The second-order valence-corrected chi connectivity index (χ2v) is 15.3. The maximum absolute atomic E-state index is 13.4. The Kier molecular flexibility index (Phi) is 8.09. The summed E-state index contributed by atoms with van der Waals surface area (Å²) < 4.78 is 41.3. The van der Waals surface area contributed by atoms with Crippen LogP contribution in [0.4, 0.5) is 5.69 Å². The van der Waals surface area contributed by atoms with Crippen LogP contribution in [0.5, 0.6) is 5.75 Å². The zero-order valence-electron chi connectivity index (χ0n) is 24.6. The molecule has 1 fully saturated rings. The monoisotopic (exact) mass is 612 g/mol. The second-order valence-electron chi connectivity index (χ2n) is 12.8. The Morgan fingerprint density at radius 1 is 1.14 bits per heavy atom. The fourth-order valence-corrected chi connectivity index (χ4v) is 8.87. The maximum atomic E-state index is 13.4. The minimum absolute atomic E-state index is 0.0315. The van der Waals surface area contributed by atoms with Crippen molar-refractivity contribution in [1.82, 2.24) is 4.72 Å². The molecule has 1 spiro atoms. The van der Waals surface area contributed by atoms with E-state index in [-0.39, 0.29) is 17.4 Å². The molecule has 0 saturated heterocycles. The molecular formula is C33H41ClN2O5S. The van der Waals surface area contributed by atoms with Crippen LogP contribution in [-0.2, 0) is 26.6 Å². The van der Waals surface area contributed by atoms with Gasteiger partial charge in [0.2, 0.25) is 10.0 Å². The van der Waals surface area contributed by atoms with Crippen molar-refractivity contribution in [2.75, 3.05) is 31.7 Å². The molecular weight excluding hydrogens is 572 g/mol. The lowest BCUT2D eigenvalue weighted by atomic mass is 9.68. The summed E-state index contributed by atoms with van der Waals surface area (Å²) >= 11 is 6.40. The molecule has 1 saturated carbocycles. The van der Waals surface area contributed by atoms with Gasteiger partial charge in [0.05, 0.1) is 23.6 Å². The van der Waals surface area contributed by atoms with E-state index in [9.17, 15) is 13.2 Å². The van der Waals surface area contributed by atoms with Crippen LogP contribution in [0.15, 0.2) is 48.6 Å². The first-order valence-corrected chi connectivity index (χ1v) is 17.1. The maximum Gasteiger partial charge on any atom is 0.264 e. The molecule has 2 heterocycles. The number of ether oxygens (including phenoxy) is 2. The Bertz CT molecular complexity index is 1490. The molecule has 1 N–H and O–H groups in total. The number of nitrogens with zero attached hydrogens (tertiary/aromatic N) is 1. The van der Waals surface area contributed by atoms with Gasteiger partial charge in [-0.1, -0.05) is 36.7 Å². The van der Waals surface area contributed by atoms with E-state index in [0.717, 1.165) is 61.7 Å². The van der Waals surface area contributed by atoms with Crippen LogP contribution in [0.2, 0.25) is 5.02 Å². The van der Waals surface area contributed by atoms with Gasteiger partial charge in [0.25, 0.3) is 5.91 Å². The van der Waals surface area contributed by atoms with Gasteiger partial charge in [0.15, 0.2) is 0 Å². The molecule has 9 heteroatoms. The largest absolute Gasteiger partial charge is 0.490 e. The van der Waals surface area contributed by atoms with E-state index in [1.807, 2.05) is 31.2 Å². The van der Waals surface area contributed by atoms with Crippen LogP contribution >= 0.6 is 11.6 Å². The molecule has 42 heavy (non-hydrogen) atoms. The van der Waals surface area contributed by atoms with Gasteiger partial charge in [-0.25, -0.2) is 13.1 Å². The molecule has 4 aliphatic rings. The molecule has 7 nitrogen and oxygen atoms in total. The zero-order chi connectivity index (χ0) is 29.6. The smallest absolute Gasteiger partial charge is 0.264 e. The molecule has 2 aromatic rings. The summed E-state index contributed by atoms with van der Waals surface area (Å²) in [7, 11) is -2.13. The van der Waals surface area contributed by atoms with Gasteiger partial charge in [0, 0.05) is 36.2 Å². The van der Waals surface area contributed by atoms with Gasteiger partial charge in [-0.3, -0.25) is 4.79 Å². The number of fused-ring (bicyclic) bond motifs is 4. The summed E-state index contributed by atoms with van der Waals surface area (Å²) in [5, 5.41) is 0.00998. The van der Waals surface area contributed by atoms with E-state index in [4.69, 9.17) is 21.1 Å². The number of rotatable bonds is 1. The SMILES string of the molecule is CO[C@H]1/C=C/C[C@H](C)[C@@H](C)S(=O)(=O)NC(=O)c2ccc3c(c2)N(C[C@@H]2CC[C@@H]21)C[C@@]1(CCCc2cc(Cl)ccc21)CO3. The minimum Gasteiger partial charge on any atom is -0.490 e. The number of anilines is 1. The van der Waals surface area contributed by atoms with Crippen molar-refractivity contribution in [3.63, 3.8) is 0 Å². The van der Waals surface area contributed by atoms with E-state index in [1.54, 1.807) is 20.1 Å². The van der Waals surface area contributed by atoms with E-state index in [1.165, 1.54) is 11.1 Å². The first-order valence-electron chi connectivity index (χ1n) is 15.2. The number of halogens is 1. The van der Waals surface area contributed by atoms with Gasteiger partial charge in [-0.05, 0) is 105 Å². The van der Waals surface area contributed by atoms with Crippen molar-refractivity contribution in [3.8, 4) is 5.75 Å². The standard InChI is InChI=1S/C33H41ClN2O5S/c1-21-6-4-8-30(40-3)27-12-9-25(27)18-36-19-33(15-5-7-23-16-26(34)11-13-28(23)33)20-41-31-14-10-24(17-29(31)36)32(37)35-42(38,39)22(21)2/h4,8,10-11,13-14,16-17,21-22,25,27,30H,5-7,9,12,15,18-20H2,1-3H3,(H,35,37)/b8-4+/t21-,22+,25-,27-,30-,33-/m0/s1. The van der Waals surface area contributed by atoms with Gasteiger partial charge in [0.1, 0.15) is 5.75 Å². The Morgan fingerprint density at radius 2 is 1.98 bits per heavy atom. The summed E-state index contributed by atoms with van der Waals surface area (Å²) in [6, 6.07) is 11.5. The molecule has 2 bridgehead atoms. The molecule has 6 rings (SSSR count). The third kappa shape index (κ3) is 5.46. The highest BCUT2D eigenvalue weighted by Crippen LogP contribution is 2.47. The highest BCUT2D eigenvalue weighted by molar-refractivity contribution is 7.90. The Morgan fingerprint density at radius 3 is 2.74 bits per heavy atom. The lowest BCUT2D eigenvalue weighted by Gasteiger charge is -2.46. The highest BCUT2D eigenvalue weighted by atomic mass is 35.5. The number of sulfonamides is 1. The van der Waals surface area contributed by atoms with Crippen LogP contribution in [0.1, 0.15) is 67.4 Å². The topological polar surface area (TPSA) is 84.9 Å². The Labute approximate surface area is 254 Å². The fraction of sp³-hybridized carbons (Fsp3) is 0.545. The number of allylic oxidation sites excluding steroid dienone is 1. The first kappa shape index (κ1) is 29.5. The number of carbonyl (C=O) groups is 1. The minimum atomic E-state index is -3.88. The predicted octanol–water partition coefficient (Wildman–Crippen LogP) is 5.90. The normalized spacial score (nSPS) is 33.3. The summed E-state index contributed by atoms with van der Waals surface area (Å²) in [5.74, 6) is 0.710. The highest BCUT2D eigenvalue weighted by Gasteiger charge is 2.44. The number of aryl methyl sites for hydroxylation is 1. The Balaban J connectivity index is 1.43. The molecule has 0 aromatic heterocycles. The number of methoxy groups -OCH3 is 1. The van der Waals surface area contributed by atoms with Crippen molar-refractivity contribution in [1.29, 1.82) is 0 Å². The van der Waals surface area contributed by atoms with E-state index in [0.29, 0.717) is 30.4 Å². The van der Waals surface area contributed by atoms with Gasteiger partial charge in [-0.15, -0.1) is 0 Å². The van der Waals surface area contributed by atoms with Crippen molar-refractivity contribution in [2.45, 2.75) is 69.1 Å². The van der Waals surface area contributed by atoms with E-state index in [2.05, 4.69) is 27.8 Å². The number of benzene rings is 2. The quantitative estimate of drug-likeness (QED) is 0.404. The van der Waals surface area contributed by atoms with Gasteiger partial charge < -0.3 is 14.4 Å². The number of hydrogen-bond donors (Lipinski definition) is 1. The average molecular weight is 613 g/mol. The van der Waals surface area contributed by atoms with Crippen LogP contribution in [0.25, 0.3) is 0 Å². The van der Waals surface area contributed by atoms with Crippen LogP contribution in [0, 0.1) is 17.8 Å². The lowest BCUT2D eigenvalue weighted by Crippen LogP contribution is -2.49. The van der Waals surface area contributed by atoms with Crippen molar-refractivity contribution in [2.24, 2.45) is 17.8 Å².